The first-order valence-corrected chi connectivity index (χ1v) is 8.05. The SMILES string of the molecule is COc1ccc(CCNCc2nn(C)nc2-c2ccccc2)cc1. The summed E-state index contributed by atoms with van der Waals surface area (Å²) in [4.78, 5) is 1.63. The molecular weight excluding hydrogens is 300 g/mol. The van der Waals surface area contributed by atoms with Gasteiger partial charge in [0.1, 0.15) is 17.1 Å². The fraction of sp³-hybridized carbons (Fsp3) is 0.263. The Morgan fingerprint density at radius 1 is 1.00 bits per heavy atom. The minimum atomic E-state index is 0.703. The molecule has 0 fully saturated rings. The first-order chi connectivity index (χ1) is 11.8. The summed E-state index contributed by atoms with van der Waals surface area (Å²) in [5.41, 5.74) is 4.29. The molecule has 1 heterocycles. The molecule has 0 aliphatic heterocycles. The summed E-state index contributed by atoms with van der Waals surface area (Å²) in [6.45, 7) is 1.59. The van der Waals surface area contributed by atoms with Gasteiger partial charge in [0, 0.05) is 19.2 Å². The van der Waals surface area contributed by atoms with E-state index in [4.69, 9.17) is 4.74 Å². The number of hydrogen-bond acceptors (Lipinski definition) is 4. The number of ether oxygens (including phenoxy) is 1. The van der Waals surface area contributed by atoms with Crippen LogP contribution >= 0.6 is 0 Å². The van der Waals surface area contributed by atoms with E-state index in [1.165, 1.54) is 5.56 Å². The summed E-state index contributed by atoms with van der Waals surface area (Å²) in [5.74, 6) is 0.888. The lowest BCUT2D eigenvalue weighted by molar-refractivity contribution is 0.414. The van der Waals surface area contributed by atoms with Gasteiger partial charge in [-0.05, 0) is 30.7 Å². The van der Waals surface area contributed by atoms with Gasteiger partial charge in [0.05, 0.1) is 7.11 Å². The summed E-state index contributed by atoms with van der Waals surface area (Å²) >= 11 is 0. The average Bonchev–Trinajstić information content (AvgIpc) is 3.01. The molecule has 1 aromatic heterocycles. The molecule has 124 valence electrons. The molecule has 0 amide bonds. The summed E-state index contributed by atoms with van der Waals surface area (Å²) in [6.07, 6.45) is 0.963. The molecule has 0 spiro atoms. The van der Waals surface area contributed by atoms with Gasteiger partial charge in [-0.1, -0.05) is 42.5 Å². The minimum Gasteiger partial charge on any atom is -0.497 e. The van der Waals surface area contributed by atoms with Crippen molar-refractivity contribution < 1.29 is 4.74 Å². The first-order valence-electron chi connectivity index (χ1n) is 8.05. The normalized spacial score (nSPS) is 10.8. The van der Waals surface area contributed by atoms with Crippen LogP contribution in [0.5, 0.6) is 5.75 Å². The van der Waals surface area contributed by atoms with Crippen molar-refractivity contribution in [1.82, 2.24) is 20.3 Å². The summed E-state index contributed by atoms with van der Waals surface area (Å²) in [6, 6.07) is 18.3. The molecule has 5 nitrogen and oxygen atoms in total. The predicted molar refractivity (Wildman–Crippen MR) is 94.8 cm³/mol. The van der Waals surface area contributed by atoms with Gasteiger partial charge < -0.3 is 10.1 Å². The minimum absolute atomic E-state index is 0.703. The number of nitrogens with one attached hydrogen (secondary N) is 1. The second-order valence-corrected chi connectivity index (χ2v) is 5.63. The van der Waals surface area contributed by atoms with Crippen LogP contribution < -0.4 is 10.1 Å². The number of aryl methyl sites for hydroxylation is 1. The zero-order valence-electron chi connectivity index (χ0n) is 14.1. The maximum Gasteiger partial charge on any atom is 0.118 e. The molecule has 3 aromatic rings. The summed E-state index contributed by atoms with van der Waals surface area (Å²) in [7, 11) is 3.54. The molecule has 1 N–H and O–H groups in total. The molecule has 0 saturated heterocycles. The summed E-state index contributed by atoms with van der Waals surface area (Å²) in [5, 5.41) is 12.4. The maximum absolute atomic E-state index is 5.18. The highest BCUT2D eigenvalue weighted by molar-refractivity contribution is 5.60. The summed E-state index contributed by atoms with van der Waals surface area (Å²) < 4.78 is 5.18. The lowest BCUT2D eigenvalue weighted by Gasteiger charge is -2.06. The quantitative estimate of drug-likeness (QED) is 0.680. The third kappa shape index (κ3) is 4.00. The predicted octanol–water partition coefficient (Wildman–Crippen LogP) is 2.82. The standard InChI is InChI=1S/C19H22N4O/c1-23-21-18(19(22-23)16-6-4-3-5-7-16)14-20-13-12-15-8-10-17(24-2)11-9-15/h3-11,20H,12-14H2,1-2H3. The molecule has 3 rings (SSSR count). The van der Waals surface area contributed by atoms with Crippen LogP contribution in [0, 0.1) is 0 Å². The topological polar surface area (TPSA) is 52.0 Å². The van der Waals surface area contributed by atoms with Gasteiger partial charge in [-0.25, -0.2) is 0 Å². The van der Waals surface area contributed by atoms with Crippen LogP contribution in [0.2, 0.25) is 0 Å². The lowest BCUT2D eigenvalue weighted by atomic mass is 10.1. The van der Waals surface area contributed by atoms with Gasteiger partial charge in [-0.3, -0.25) is 0 Å². The van der Waals surface area contributed by atoms with Gasteiger partial charge in [-0.15, -0.1) is 0 Å². The monoisotopic (exact) mass is 322 g/mol. The molecule has 0 radical (unpaired) electrons. The van der Waals surface area contributed by atoms with Crippen molar-refractivity contribution >= 4 is 0 Å². The molecule has 2 aromatic carbocycles. The van der Waals surface area contributed by atoms with Crippen LogP contribution in [0.3, 0.4) is 0 Å². The molecule has 0 atom stereocenters. The van der Waals surface area contributed by atoms with Crippen LogP contribution in [0.25, 0.3) is 11.3 Å². The van der Waals surface area contributed by atoms with Crippen LogP contribution in [-0.4, -0.2) is 28.6 Å². The van der Waals surface area contributed by atoms with Gasteiger partial charge in [0.15, 0.2) is 0 Å². The largest absolute Gasteiger partial charge is 0.497 e. The number of rotatable bonds is 7. The Morgan fingerprint density at radius 3 is 2.46 bits per heavy atom. The maximum atomic E-state index is 5.18. The molecule has 0 unspecified atom stereocenters. The molecule has 0 saturated carbocycles. The number of nitrogens with zero attached hydrogens (tertiary/aromatic N) is 3. The van der Waals surface area contributed by atoms with Crippen molar-refractivity contribution in [1.29, 1.82) is 0 Å². The van der Waals surface area contributed by atoms with Crippen molar-refractivity contribution in [3.63, 3.8) is 0 Å². The van der Waals surface area contributed by atoms with Crippen molar-refractivity contribution in [2.75, 3.05) is 13.7 Å². The van der Waals surface area contributed by atoms with E-state index >= 15 is 0 Å². The molecular formula is C19H22N4O. The Morgan fingerprint density at radius 2 is 1.75 bits per heavy atom. The molecule has 0 bridgehead atoms. The van der Waals surface area contributed by atoms with Crippen LogP contribution in [-0.2, 0) is 20.0 Å². The van der Waals surface area contributed by atoms with Gasteiger partial charge in [0.25, 0.3) is 0 Å². The Bertz CT molecular complexity index is 766. The van der Waals surface area contributed by atoms with E-state index < -0.39 is 0 Å². The number of methoxy groups -OCH3 is 1. The fourth-order valence-corrected chi connectivity index (χ4v) is 2.62. The van der Waals surface area contributed by atoms with Crippen molar-refractivity contribution in [3.8, 4) is 17.0 Å². The highest BCUT2D eigenvalue weighted by Crippen LogP contribution is 2.19. The first kappa shape index (κ1) is 16.2. The lowest BCUT2D eigenvalue weighted by Crippen LogP contribution is -2.17. The fourth-order valence-electron chi connectivity index (χ4n) is 2.62. The second-order valence-electron chi connectivity index (χ2n) is 5.63. The van der Waals surface area contributed by atoms with Crippen LogP contribution in [0.4, 0.5) is 0 Å². The van der Waals surface area contributed by atoms with Crippen molar-refractivity contribution in [3.05, 3.63) is 65.9 Å². The molecule has 0 aliphatic rings. The van der Waals surface area contributed by atoms with Gasteiger partial charge in [-0.2, -0.15) is 15.0 Å². The van der Waals surface area contributed by atoms with E-state index in [1.807, 2.05) is 37.4 Å². The van der Waals surface area contributed by atoms with E-state index in [-0.39, 0.29) is 0 Å². The van der Waals surface area contributed by atoms with E-state index in [1.54, 1.807) is 11.9 Å². The zero-order valence-corrected chi connectivity index (χ0v) is 14.1. The van der Waals surface area contributed by atoms with E-state index in [0.29, 0.717) is 6.54 Å². The van der Waals surface area contributed by atoms with Crippen molar-refractivity contribution in [2.24, 2.45) is 7.05 Å². The third-order valence-electron chi connectivity index (χ3n) is 3.87. The highest BCUT2D eigenvalue weighted by atomic mass is 16.5. The smallest absolute Gasteiger partial charge is 0.118 e. The Hall–Kier alpha value is -2.66. The van der Waals surface area contributed by atoms with E-state index in [2.05, 4.69) is 39.8 Å². The second kappa shape index (κ2) is 7.75. The number of hydrogen-bond donors (Lipinski definition) is 1. The van der Waals surface area contributed by atoms with Gasteiger partial charge in [0.2, 0.25) is 0 Å². The Balaban J connectivity index is 1.57. The van der Waals surface area contributed by atoms with Gasteiger partial charge >= 0.3 is 0 Å². The number of benzene rings is 2. The third-order valence-corrected chi connectivity index (χ3v) is 3.87. The molecule has 24 heavy (non-hydrogen) atoms. The average molecular weight is 322 g/mol. The Kier molecular flexibility index (Phi) is 5.23. The van der Waals surface area contributed by atoms with E-state index in [9.17, 15) is 0 Å². The molecule has 0 aliphatic carbocycles. The molecule has 5 heteroatoms. The Labute approximate surface area is 142 Å². The van der Waals surface area contributed by atoms with E-state index in [0.717, 1.165) is 35.7 Å². The van der Waals surface area contributed by atoms with Crippen molar-refractivity contribution in [2.45, 2.75) is 13.0 Å². The zero-order chi connectivity index (χ0) is 16.8. The number of aromatic nitrogens is 3. The van der Waals surface area contributed by atoms with Crippen LogP contribution in [0.1, 0.15) is 11.3 Å². The highest BCUT2D eigenvalue weighted by Gasteiger charge is 2.11. The van der Waals surface area contributed by atoms with Crippen LogP contribution in [0.15, 0.2) is 54.6 Å².